The van der Waals surface area contributed by atoms with Gasteiger partial charge in [0.25, 0.3) is 0 Å². The second-order valence-electron chi connectivity index (χ2n) is 9.38. The van der Waals surface area contributed by atoms with E-state index < -0.39 is 16.1 Å². The second-order valence-corrected chi connectivity index (χ2v) is 11.3. The van der Waals surface area contributed by atoms with Gasteiger partial charge in [-0.15, -0.1) is 0 Å². The minimum atomic E-state index is -3.56. The molecule has 1 N–H and O–H groups in total. The lowest BCUT2D eigenvalue weighted by Gasteiger charge is -2.24. The van der Waals surface area contributed by atoms with Gasteiger partial charge < -0.3 is 10.2 Å². The van der Waals surface area contributed by atoms with Crippen LogP contribution in [0.4, 0.5) is 5.69 Å². The summed E-state index contributed by atoms with van der Waals surface area (Å²) in [6.45, 7) is 4.67. The smallest absolute Gasteiger partial charge is 0.243 e. The predicted molar refractivity (Wildman–Crippen MR) is 135 cm³/mol. The van der Waals surface area contributed by atoms with Gasteiger partial charge in [-0.2, -0.15) is 4.31 Å². The molecule has 35 heavy (non-hydrogen) atoms. The van der Waals surface area contributed by atoms with Crippen LogP contribution in [0.25, 0.3) is 0 Å². The predicted octanol–water partition coefficient (Wildman–Crippen LogP) is 2.39. The molecule has 1 saturated heterocycles. The Morgan fingerprint density at radius 1 is 1.09 bits per heavy atom. The molecule has 2 aliphatic heterocycles. The Balaban J connectivity index is 1.36. The highest BCUT2D eigenvalue weighted by molar-refractivity contribution is 7.89. The Kier molecular flexibility index (Phi) is 7.88. The standard InChI is InChI=1S/C26H34N4O4S/c1-20(31)30-24-12-11-23(35(33,34)29-15-6-7-16-29)17-22(24)18-25(30)26(32)27-13-8-14-28(2)19-21-9-4-3-5-10-21/h3-5,9-12,17,25H,6-8,13-16,18-19H2,1-2H3,(H,27,32). The van der Waals surface area contributed by atoms with Gasteiger partial charge in [0.1, 0.15) is 6.04 Å². The molecule has 0 aliphatic carbocycles. The van der Waals surface area contributed by atoms with Gasteiger partial charge in [-0.25, -0.2) is 8.42 Å². The normalized spacial score (nSPS) is 18.1. The van der Waals surface area contributed by atoms with Gasteiger partial charge >= 0.3 is 0 Å². The van der Waals surface area contributed by atoms with Crippen LogP contribution in [-0.2, 0) is 32.6 Å². The van der Waals surface area contributed by atoms with E-state index in [1.165, 1.54) is 21.7 Å². The minimum absolute atomic E-state index is 0.217. The summed E-state index contributed by atoms with van der Waals surface area (Å²) in [5.41, 5.74) is 2.56. The van der Waals surface area contributed by atoms with Crippen LogP contribution in [0.1, 0.15) is 37.3 Å². The van der Waals surface area contributed by atoms with Gasteiger partial charge in [-0.05, 0) is 62.2 Å². The first kappa shape index (κ1) is 25.3. The molecule has 4 rings (SSSR count). The van der Waals surface area contributed by atoms with Crippen LogP contribution < -0.4 is 10.2 Å². The Morgan fingerprint density at radius 3 is 2.49 bits per heavy atom. The molecule has 2 aromatic rings. The van der Waals surface area contributed by atoms with Crippen molar-refractivity contribution in [2.24, 2.45) is 0 Å². The first-order valence-electron chi connectivity index (χ1n) is 12.2. The van der Waals surface area contributed by atoms with Crippen molar-refractivity contribution in [1.29, 1.82) is 0 Å². The summed E-state index contributed by atoms with van der Waals surface area (Å²) in [7, 11) is -1.51. The van der Waals surface area contributed by atoms with E-state index in [1.807, 2.05) is 25.2 Å². The highest BCUT2D eigenvalue weighted by Crippen LogP contribution is 2.35. The van der Waals surface area contributed by atoms with E-state index in [9.17, 15) is 18.0 Å². The summed E-state index contributed by atoms with van der Waals surface area (Å²) < 4.78 is 27.4. The number of anilines is 1. The molecule has 0 bridgehead atoms. The van der Waals surface area contributed by atoms with Gasteiger partial charge in [0.2, 0.25) is 21.8 Å². The number of carbonyl (C=O) groups is 2. The molecule has 1 fully saturated rings. The number of sulfonamides is 1. The molecular formula is C26H34N4O4S. The van der Waals surface area contributed by atoms with Crippen molar-refractivity contribution in [3.05, 3.63) is 59.7 Å². The third kappa shape index (κ3) is 5.74. The Bertz CT molecular complexity index is 1160. The molecule has 2 heterocycles. The zero-order chi connectivity index (χ0) is 25.0. The Labute approximate surface area is 207 Å². The molecule has 0 aromatic heterocycles. The Morgan fingerprint density at radius 2 is 1.80 bits per heavy atom. The zero-order valence-corrected chi connectivity index (χ0v) is 21.3. The maximum absolute atomic E-state index is 13.0. The van der Waals surface area contributed by atoms with E-state index in [4.69, 9.17) is 0 Å². The molecule has 188 valence electrons. The average molecular weight is 499 g/mol. The summed E-state index contributed by atoms with van der Waals surface area (Å²) in [5.74, 6) is -0.451. The number of rotatable bonds is 9. The van der Waals surface area contributed by atoms with E-state index in [1.54, 1.807) is 18.2 Å². The van der Waals surface area contributed by atoms with Crippen molar-refractivity contribution in [2.75, 3.05) is 38.1 Å². The van der Waals surface area contributed by atoms with Crippen LogP contribution in [0.15, 0.2) is 53.4 Å². The monoisotopic (exact) mass is 498 g/mol. The molecule has 1 atom stereocenters. The van der Waals surface area contributed by atoms with Crippen molar-refractivity contribution in [1.82, 2.24) is 14.5 Å². The molecular weight excluding hydrogens is 464 g/mol. The summed E-state index contributed by atoms with van der Waals surface area (Å²) >= 11 is 0. The number of fused-ring (bicyclic) bond motifs is 1. The van der Waals surface area contributed by atoms with Crippen molar-refractivity contribution in [3.8, 4) is 0 Å². The number of nitrogens with zero attached hydrogens (tertiary/aromatic N) is 3. The van der Waals surface area contributed by atoms with Gasteiger partial charge in [-0.1, -0.05) is 30.3 Å². The molecule has 2 amide bonds. The molecule has 0 radical (unpaired) electrons. The fourth-order valence-electron chi connectivity index (χ4n) is 4.92. The van der Waals surface area contributed by atoms with Crippen LogP contribution in [-0.4, -0.2) is 68.7 Å². The summed E-state index contributed by atoms with van der Waals surface area (Å²) in [6.07, 6.45) is 2.82. The highest BCUT2D eigenvalue weighted by atomic mass is 32.2. The number of nitrogens with one attached hydrogen (secondary N) is 1. The zero-order valence-electron chi connectivity index (χ0n) is 20.4. The summed E-state index contributed by atoms with van der Waals surface area (Å²) in [6, 6.07) is 14.4. The number of hydrogen-bond acceptors (Lipinski definition) is 5. The molecule has 0 spiro atoms. The van der Waals surface area contributed by atoms with Gasteiger partial charge in [-0.3, -0.25) is 14.5 Å². The maximum Gasteiger partial charge on any atom is 0.243 e. The van der Waals surface area contributed by atoms with E-state index >= 15 is 0 Å². The molecule has 9 heteroatoms. The number of hydrogen-bond donors (Lipinski definition) is 1. The lowest BCUT2D eigenvalue weighted by molar-refractivity contribution is -0.125. The van der Waals surface area contributed by atoms with Crippen molar-refractivity contribution < 1.29 is 18.0 Å². The SMILES string of the molecule is CC(=O)N1c2ccc(S(=O)(=O)N3CCCC3)cc2CC1C(=O)NCCCN(C)Cc1ccccc1. The average Bonchev–Trinajstić information content (AvgIpc) is 3.50. The maximum atomic E-state index is 13.0. The van der Waals surface area contributed by atoms with Crippen LogP contribution in [0, 0.1) is 0 Å². The van der Waals surface area contributed by atoms with Crippen LogP contribution in [0.3, 0.4) is 0 Å². The Hall–Kier alpha value is -2.75. The van der Waals surface area contributed by atoms with E-state index in [0.717, 1.165) is 32.4 Å². The molecule has 0 saturated carbocycles. The number of benzene rings is 2. The summed E-state index contributed by atoms with van der Waals surface area (Å²) in [5, 5.41) is 2.97. The second kappa shape index (κ2) is 10.9. The van der Waals surface area contributed by atoms with Gasteiger partial charge in [0, 0.05) is 45.2 Å². The largest absolute Gasteiger partial charge is 0.354 e. The van der Waals surface area contributed by atoms with E-state index in [0.29, 0.717) is 37.3 Å². The third-order valence-electron chi connectivity index (χ3n) is 6.69. The third-order valence-corrected chi connectivity index (χ3v) is 8.59. The van der Waals surface area contributed by atoms with Crippen LogP contribution >= 0.6 is 0 Å². The number of carbonyl (C=O) groups excluding carboxylic acids is 2. The van der Waals surface area contributed by atoms with Gasteiger partial charge in [0.05, 0.1) is 4.90 Å². The minimum Gasteiger partial charge on any atom is -0.354 e. The topological polar surface area (TPSA) is 90.0 Å². The van der Waals surface area contributed by atoms with Crippen LogP contribution in [0.2, 0.25) is 0 Å². The van der Waals surface area contributed by atoms with Crippen LogP contribution in [0.5, 0.6) is 0 Å². The fraction of sp³-hybridized carbons (Fsp3) is 0.462. The van der Waals surface area contributed by atoms with Crippen molar-refractivity contribution in [2.45, 2.75) is 50.1 Å². The van der Waals surface area contributed by atoms with Crippen molar-refractivity contribution >= 4 is 27.5 Å². The summed E-state index contributed by atoms with van der Waals surface area (Å²) in [4.78, 5) is 29.3. The fourth-order valence-corrected chi connectivity index (χ4v) is 6.49. The van der Waals surface area contributed by atoms with Crippen molar-refractivity contribution in [3.63, 3.8) is 0 Å². The van der Waals surface area contributed by atoms with E-state index in [2.05, 4.69) is 22.3 Å². The molecule has 2 aromatic carbocycles. The lowest BCUT2D eigenvalue weighted by atomic mass is 10.1. The van der Waals surface area contributed by atoms with E-state index in [-0.39, 0.29) is 16.7 Å². The molecule has 8 nitrogen and oxygen atoms in total. The van der Waals surface area contributed by atoms with Gasteiger partial charge in [0.15, 0.2) is 0 Å². The molecule has 1 unspecified atom stereocenters. The molecule has 2 aliphatic rings. The highest BCUT2D eigenvalue weighted by Gasteiger charge is 2.38. The lowest BCUT2D eigenvalue weighted by Crippen LogP contribution is -2.47. The first-order valence-corrected chi connectivity index (χ1v) is 13.6. The first-order chi connectivity index (χ1) is 16.8. The quantitative estimate of drug-likeness (QED) is 0.536. The number of amides is 2.